The van der Waals surface area contributed by atoms with Crippen LogP contribution in [-0.4, -0.2) is 18.5 Å². The van der Waals surface area contributed by atoms with Gasteiger partial charge < -0.3 is 16.4 Å². The fourth-order valence-electron chi connectivity index (χ4n) is 1.95. The summed E-state index contributed by atoms with van der Waals surface area (Å²) in [7, 11) is 0. The van der Waals surface area contributed by atoms with Crippen LogP contribution in [0.1, 0.15) is 15.9 Å². The molecule has 0 aliphatic rings. The summed E-state index contributed by atoms with van der Waals surface area (Å²) in [6.07, 6.45) is 0.602. The Bertz CT molecular complexity index is 671. The lowest BCUT2D eigenvalue weighted by atomic mass is 10.1. The molecule has 0 heterocycles. The number of amides is 3. The molecule has 0 aliphatic carbocycles. The minimum absolute atomic E-state index is 0.254. The number of carbonyl (C=O) groups excluding carboxylic acids is 2. The van der Waals surface area contributed by atoms with Crippen LogP contribution >= 0.6 is 0 Å². The summed E-state index contributed by atoms with van der Waals surface area (Å²) in [6.45, 7) is 0.429. The van der Waals surface area contributed by atoms with Crippen molar-refractivity contribution in [2.45, 2.75) is 6.42 Å². The summed E-state index contributed by atoms with van der Waals surface area (Å²) in [4.78, 5) is 22.8. The van der Waals surface area contributed by atoms with Crippen LogP contribution in [0.2, 0.25) is 0 Å². The molecule has 0 aromatic heterocycles. The third-order valence-electron chi connectivity index (χ3n) is 3.00. The number of benzene rings is 2. The first-order valence-corrected chi connectivity index (χ1v) is 6.74. The van der Waals surface area contributed by atoms with Crippen molar-refractivity contribution in [1.29, 1.82) is 0 Å². The SMILES string of the molecule is NC(=O)Nc1cccc(C(=O)NCCc2ccc(F)cc2)c1. The van der Waals surface area contributed by atoms with Crippen molar-refractivity contribution in [1.82, 2.24) is 5.32 Å². The molecule has 0 spiro atoms. The van der Waals surface area contributed by atoms with Crippen molar-refractivity contribution in [3.05, 3.63) is 65.5 Å². The zero-order chi connectivity index (χ0) is 15.9. The van der Waals surface area contributed by atoms with E-state index in [1.807, 2.05) is 0 Å². The quantitative estimate of drug-likeness (QED) is 0.791. The first-order valence-electron chi connectivity index (χ1n) is 6.74. The van der Waals surface area contributed by atoms with Gasteiger partial charge in [0.15, 0.2) is 0 Å². The summed E-state index contributed by atoms with van der Waals surface area (Å²) < 4.78 is 12.8. The summed E-state index contributed by atoms with van der Waals surface area (Å²) in [5.41, 5.74) is 6.84. The Labute approximate surface area is 127 Å². The highest BCUT2D eigenvalue weighted by atomic mass is 19.1. The Hall–Kier alpha value is -2.89. The van der Waals surface area contributed by atoms with Gasteiger partial charge in [0.05, 0.1) is 0 Å². The molecule has 0 bridgehead atoms. The summed E-state index contributed by atoms with van der Waals surface area (Å²) >= 11 is 0. The van der Waals surface area contributed by atoms with E-state index in [0.717, 1.165) is 5.56 Å². The van der Waals surface area contributed by atoms with Crippen LogP contribution in [0.25, 0.3) is 0 Å². The number of hydrogen-bond donors (Lipinski definition) is 3. The maximum atomic E-state index is 12.8. The molecule has 0 saturated carbocycles. The highest BCUT2D eigenvalue weighted by molar-refractivity contribution is 5.96. The average molecular weight is 301 g/mol. The van der Waals surface area contributed by atoms with Gasteiger partial charge in [-0.05, 0) is 42.3 Å². The van der Waals surface area contributed by atoms with Gasteiger partial charge in [0.25, 0.3) is 5.91 Å². The predicted molar refractivity (Wildman–Crippen MR) is 82.1 cm³/mol. The number of nitrogens with one attached hydrogen (secondary N) is 2. The van der Waals surface area contributed by atoms with E-state index in [1.165, 1.54) is 18.2 Å². The number of anilines is 1. The van der Waals surface area contributed by atoms with Gasteiger partial charge >= 0.3 is 6.03 Å². The lowest BCUT2D eigenvalue weighted by Gasteiger charge is -2.07. The highest BCUT2D eigenvalue weighted by Crippen LogP contribution is 2.10. The zero-order valence-corrected chi connectivity index (χ0v) is 11.8. The van der Waals surface area contributed by atoms with E-state index in [2.05, 4.69) is 10.6 Å². The zero-order valence-electron chi connectivity index (χ0n) is 11.8. The molecule has 114 valence electrons. The molecule has 0 aliphatic heterocycles. The minimum atomic E-state index is -0.686. The van der Waals surface area contributed by atoms with E-state index >= 15 is 0 Å². The third kappa shape index (κ3) is 4.59. The molecule has 4 N–H and O–H groups in total. The van der Waals surface area contributed by atoms with E-state index in [1.54, 1.807) is 30.3 Å². The van der Waals surface area contributed by atoms with Crippen LogP contribution < -0.4 is 16.4 Å². The first kappa shape index (κ1) is 15.5. The lowest BCUT2D eigenvalue weighted by molar-refractivity contribution is 0.0954. The lowest BCUT2D eigenvalue weighted by Crippen LogP contribution is -2.26. The van der Waals surface area contributed by atoms with E-state index < -0.39 is 6.03 Å². The van der Waals surface area contributed by atoms with Gasteiger partial charge in [0, 0.05) is 17.8 Å². The van der Waals surface area contributed by atoms with Gasteiger partial charge in [0.1, 0.15) is 5.82 Å². The van der Waals surface area contributed by atoms with Crippen molar-refractivity contribution in [3.63, 3.8) is 0 Å². The van der Waals surface area contributed by atoms with Crippen molar-refractivity contribution < 1.29 is 14.0 Å². The number of halogens is 1. The van der Waals surface area contributed by atoms with E-state index in [9.17, 15) is 14.0 Å². The van der Waals surface area contributed by atoms with E-state index in [4.69, 9.17) is 5.73 Å². The van der Waals surface area contributed by atoms with Gasteiger partial charge in [-0.15, -0.1) is 0 Å². The largest absolute Gasteiger partial charge is 0.352 e. The van der Waals surface area contributed by atoms with Crippen molar-refractivity contribution in [2.75, 3.05) is 11.9 Å². The van der Waals surface area contributed by atoms with Gasteiger partial charge in [-0.1, -0.05) is 18.2 Å². The van der Waals surface area contributed by atoms with Crippen LogP contribution in [0.4, 0.5) is 14.9 Å². The number of primary amides is 1. The topological polar surface area (TPSA) is 84.2 Å². The van der Waals surface area contributed by atoms with Crippen LogP contribution in [0.5, 0.6) is 0 Å². The molecule has 0 fully saturated rings. The standard InChI is InChI=1S/C16H16FN3O2/c17-13-6-4-11(5-7-13)8-9-19-15(21)12-2-1-3-14(10-12)20-16(18)22/h1-7,10H,8-9H2,(H,19,21)(H3,18,20,22). The normalized spacial score (nSPS) is 10.0. The Morgan fingerprint density at radius 1 is 1.09 bits per heavy atom. The van der Waals surface area contributed by atoms with Crippen LogP contribution in [0.3, 0.4) is 0 Å². The van der Waals surface area contributed by atoms with Gasteiger partial charge in [-0.2, -0.15) is 0 Å². The molecule has 5 nitrogen and oxygen atoms in total. The Morgan fingerprint density at radius 3 is 2.50 bits per heavy atom. The predicted octanol–water partition coefficient (Wildman–Crippen LogP) is 2.29. The maximum absolute atomic E-state index is 12.8. The molecule has 2 aromatic rings. The summed E-state index contributed by atoms with van der Waals surface area (Å²) in [5, 5.41) is 5.18. The van der Waals surface area contributed by atoms with Gasteiger partial charge in [-0.25, -0.2) is 9.18 Å². The molecule has 0 atom stereocenters. The van der Waals surface area contributed by atoms with Gasteiger partial charge in [-0.3, -0.25) is 4.79 Å². The van der Waals surface area contributed by atoms with Gasteiger partial charge in [0.2, 0.25) is 0 Å². The monoisotopic (exact) mass is 301 g/mol. The van der Waals surface area contributed by atoms with Crippen LogP contribution in [0.15, 0.2) is 48.5 Å². The second-order valence-corrected chi connectivity index (χ2v) is 4.70. The first-order chi connectivity index (χ1) is 10.5. The van der Waals surface area contributed by atoms with E-state index in [0.29, 0.717) is 24.2 Å². The molecule has 6 heteroatoms. The van der Waals surface area contributed by atoms with Crippen LogP contribution in [0, 0.1) is 5.82 Å². The van der Waals surface area contributed by atoms with Crippen molar-refractivity contribution >= 4 is 17.6 Å². The number of rotatable bonds is 5. The smallest absolute Gasteiger partial charge is 0.316 e. The molecule has 3 amide bonds. The molecule has 2 aromatic carbocycles. The average Bonchev–Trinajstić information content (AvgIpc) is 2.49. The molecular formula is C16H16FN3O2. The maximum Gasteiger partial charge on any atom is 0.316 e. The highest BCUT2D eigenvalue weighted by Gasteiger charge is 2.06. The molecular weight excluding hydrogens is 285 g/mol. The molecule has 0 unspecified atom stereocenters. The van der Waals surface area contributed by atoms with Crippen molar-refractivity contribution in [2.24, 2.45) is 5.73 Å². The van der Waals surface area contributed by atoms with E-state index in [-0.39, 0.29) is 11.7 Å². The molecule has 22 heavy (non-hydrogen) atoms. The fourth-order valence-corrected chi connectivity index (χ4v) is 1.95. The Morgan fingerprint density at radius 2 is 1.82 bits per heavy atom. The molecule has 0 radical (unpaired) electrons. The Balaban J connectivity index is 1.89. The number of urea groups is 1. The fraction of sp³-hybridized carbons (Fsp3) is 0.125. The molecule has 0 saturated heterocycles. The minimum Gasteiger partial charge on any atom is -0.352 e. The van der Waals surface area contributed by atoms with Crippen LogP contribution in [-0.2, 0) is 6.42 Å². The third-order valence-corrected chi connectivity index (χ3v) is 3.00. The van der Waals surface area contributed by atoms with Crippen molar-refractivity contribution in [3.8, 4) is 0 Å². The number of nitrogens with two attached hydrogens (primary N) is 1. The summed E-state index contributed by atoms with van der Waals surface area (Å²) in [5.74, 6) is -0.540. The summed E-state index contributed by atoms with van der Waals surface area (Å²) in [6, 6.07) is 11.9. The Kier molecular flexibility index (Phi) is 5.08. The molecule has 2 rings (SSSR count). The second-order valence-electron chi connectivity index (χ2n) is 4.70. The number of hydrogen-bond acceptors (Lipinski definition) is 2. The second kappa shape index (κ2) is 7.21. The number of carbonyl (C=O) groups is 2.